The maximum atomic E-state index is 13.0. The lowest BCUT2D eigenvalue weighted by Gasteiger charge is -2.23. The number of carbonyl (C=O) groups excluding carboxylic acids is 2. The monoisotopic (exact) mass is 432 g/mol. The highest BCUT2D eigenvalue weighted by atomic mass is 32.2. The van der Waals surface area contributed by atoms with Gasteiger partial charge < -0.3 is 5.32 Å². The number of imide groups is 1. The molecule has 1 unspecified atom stereocenters. The van der Waals surface area contributed by atoms with Crippen LogP contribution >= 0.6 is 0 Å². The van der Waals surface area contributed by atoms with Crippen LogP contribution in [0.4, 0.5) is 9.18 Å². The van der Waals surface area contributed by atoms with Crippen molar-refractivity contribution in [1.82, 2.24) is 10.2 Å². The summed E-state index contributed by atoms with van der Waals surface area (Å²) in [5.74, 6) is -0.839. The van der Waals surface area contributed by atoms with Crippen molar-refractivity contribution in [3.63, 3.8) is 0 Å². The van der Waals surface area contributed by atoms with E-state index in [4.69, 9.17) is 0 Å². The van der Waals surface area contributed by atoms with E-state index in [2.05, 4.69) is 19.2 Å². The van der Waals surface area contributed by atoms with E-state index in [1.807, 2.05) is 24.3 Å². The Morgan fingerprint density at radius 1 is 1.03 bits per heavy atom. The molecule has 3 amide bonds. The first-order valence-electron chi connectivity index (χ1n) is 9.77. The molecule has 2 aromatic rings. The van der Waals surface area contributed by atoms with Crippen LogP contribution in [0.5, 0.6) is 0 Å². The SMILES string of the molecule is CC(C)c1ccc(C2(C)NC(=O)N(CCCS(=O)(=O)c3ccc(F)cc3)C2=O)cc1. The van der Waals surface area contributed by atoms with Gasteiger partial charge in [0, 0.05) is 6.54 Å². The Labute approximate surface area is 176 Å². The number of nitrogens with zero attached hydrogens (tertiary/aromatic N) is 1. The van der Waals surface area contributed by atoms with Gasteiger partial charge in [-0.1, -0.05) is 38.1 Å². The maximum absolute atomic E-state index is 13.0. The molecule has 1 aliphatic rings. The number of amides is 3. The lowest BCUT2D eigenvalue weighted by atomic mass is 9.90. The summed E-state index contributed by atoms with van der Waals surface area (Å²) in [6, 6.07) is 11.6. The Balaban J connectivity index is 1.68. The summed E-state index contributed by atoms with van der Waals surface area (Å²) < 4.78 is 37.8. The smallest absolute Gasteiger partial charge is 0.319 e. The first kappa shape index (κ1) is 22.0. The summed E-state index contributed by atoms with van der Waals surface area (Å²) in [4.78, 5) is 26.4. The van der Waals surface area contributed by atoms with E-state index < -0.39 is 33.1 Å². The van der Waals surface area contributed by atoms with Crippen molar-refractivity contribution in [2.75, 3.05) is 12.3 Å². The molecule has 0 saturated carbocycles. The van der Waals surface area contributed by atoms with Crippen LogP contribution in [0.3, 0.4) is 0 Å². The van der Waals surface area contributed by atoms with Crippen LogP contribution in [0.2, 0.25) is 0 Å². The molecule has 3 rings (SSSR count). The zero-order valence-corrected chi connectivity index (χ0v) is 18.0. The number of urea groups is 1. The number of nitrogens with one attached hydrogen (secondary N) is 1. The Morgan fingerprint density at radius 3 is 2.20 bits per heavy atom. The fourth-order valence-corrected chi connectivity index (χ4v) is 4.77. The van der Waals surface area contributed by atoms with Gasteiger partial charge in [-0.15, -0.1) is 0 Å². The van der Waals surface area contributed by atoms with Gasteiger partial charge in [0.1, 0.15) is 11.4 Å². The second kappa shape index (κ2) is 8.18. The molecular weight excluding hydrogens is 407 g/mol. The van der Waals surface area contributed by atoms with Gasteiger partial charge in [0.05, 0.1) is 10.6 Å². The van der Waals surface area contributed by atoms with Crippen LogP contribution in [0.15, 0.2) is 53.4 Å². The zero-order valence-electron chi connectivity index (χ0n) is 17.2. The zero-order chi connectivity index (χ0) is 22.1. The minimum absolute atomic E-state index is 0.0104. The largest absolute Gasteiger partial charge is 0.325 e. The molecule has 1 fully saturated rings. The van der Waals surface area contributed by atoms with E-state index in [1.54, 1.807) is 6.92 Å². The third-order valence-corrected chi connectivity index (χ3v) is 7.21. The lowest BCUT2D eigenvalue weighted by Crippen LogP contribution is -2.41. The van der Waals surface area contributed by atoms with E-state index in [9.17, 15) is 22.4 Å². The molecule has 1 heterocycles. The minimum Gasteiger partial charge on any atom is -0.319 e. The number of halogens is 1. The Kier molecular flexibility index (Phi) is 5.99. The van der Waals surface area contributed by atoms with Crippen LogP contribution in [-0.4, -0.2) is 37.6 Å². The van der Waals surface area contributed by atoms with Crippen LogP contribution < -0.4 is 5.32 Å². The molecule has 160 valence electrons. The standard InChI is InChI=1S/C22H25FN2O4S/c1-15(2)16-5-7-17(8-6-16)22(3)20(26)25(21(27)24-22)13-4-14-30(28,29)19-11-9-18(23)10-12-19/h5-12,15H,4,13-14H2,1-3H3,(H,24,27). The molecule has 1 aliphatic heterocycles. The Hall–Kier alpha value is -2.74. The second-order valence-corrected chi connectivity index (χ2v) is 10.0. The molecule has 0 aromatic heterocycles. The number of sulfone groups is 1. The molecule has 0 bridgehead atoms. The van der Waals surface area contributed by atoms with E-state index >= 15 is 0 Å². The van der Waals surface area contributed by atoms with Crippen molar-refractivity contribution in [1.29, 1.82) is 0 Å². The number of rotatable bonds is 7. The van der Waals surface area contributed by atoms with Crippen molar-refractivity contribution in [2.45, 2.75) is 43.5 Å². The number of benzene rings is 2. The van der Waals surface area contributed by atoms with Gasteiger partial charge in [-0.05, 0) is 54.7 Å². The molecule has 0 aliphatic carbocycles. The summed E-state index contributed by atoms with van der Waals surface area (Å²) in [5.41, 5.74) is 0.608. The van der Waals surface area contributed by atoms with E-state index in [1.165, 1.54) is 12.1 Å². The van der Waals surface area contributed by atoms with E-state index in [0.717, 1.165) is 22.6 Å². The number of carbonyl (C=O) groups is 2. The number of hydrogen-bond donors (Lipinski definition) is 1. The summed E-state index contributed by atoms with van der Waals surface area (Å²) in [7, 11) is -3.63. The molecule has 1 N–H and O–H groups in total. The van der Waals surface area contributed by atoms with E-state index in [0.29, 0.717) is 11.5 Å². The summed E-state index contributed by atoms with van der Waals surface area (Å²) in [6.07, 6.45) is 0.0846. The third-order valence-electron chi connectivity index (χ3n) is 5.40. The van der Waals surface area contributed by atoms with Crippen molar-refractivity contribution < 1.29 is 22.4 Å². The van der Waals surface area contributed by atoms with Crippen molar-refractivity contribution in [3.8, 4) is 0 Å². The van der Waals surface area contributed by atoms with Crippen molar-refractivity contribution in [2.24, 2.45) is 0 Å². The number of hydrogen-bond acceptors (Lipinski definition) is 4. The van der Waals surface area contributed by atoms with Crippen molar-refractivity contribution >= 4 is 21.8 Å². The molecule has 1 saturated heterocycles. The predicted molar refractivity (Wildman–Crippen MR) is 111 cm³/mol. The first-order valence-corrected chi connectivity index (χ1v) is 11.4. The normalized spacial score (nSPS) is 19.4. The fraction of sp³-hybridized carbons (Fsp3) is 0.364. The molecule has 30 heavy (non-hydrogen) atoms. The van der Waals surface area contributed by atoms with Crippen LogP contribution in [-0.2, 0) is 20.2 Å². The van der Waals surface area contributed by atoms with Crippen LogP contribution in [0.25, 0.3) is 0 Å². The molecule has 8 heteroatoms. The maximum Gasteiger partial charge on any atom is 0.325 e. The van der Waals surface area contributed by atoms with Crippen LogP contribution in [0.1, 0.15) is 44.2 Å². The summed E-state index contributed by atoms with van der Waals surface area (Å²) in [5, 5.41) is 2.73. The molecule has 0 radical (unpaired) electrons. The summed E-state index contributed by atoms with van der Waals surface area (Å²) >= 11 is 0. The first-order chi connectivity index (χ1) is 14.0. The summed E-state index contributed by atoms with van der Waals surface area (Å²) in [6.45, 7) is 5.76. The van der Waals surface area contributed by atoms with E-state index in [-0.39, 0.29) is 23.6 Å². The minimum atomic E-state index is -3.63. The van der Waals surface area contributed by atoms with Crippen molar-refractivity contribution in [3.05, 3.63) is 65.5 Å². The Morgan fingerprint density at radius 2 is 1.63 bits per heavy atom. The van der Waals surface area contributed by atoms with Gasteiger partial charge in [0.2, 0.25) is 0 Å². The molecule has 0 spiro atoms. The van der Waals surface area contributed by atoms with Gasteiger partial charge >= 0.3 is 6.03 Å². The fourth-order valence-electron chi connectivity index (χ4n) is 3.47. The highest BCUT2D eigenvalue weighted by molar-refractivity contribution is 7.91. The second-order valence-electron chi connectivity index (χ2n) is 7.91. The highest BCUT2D eigenvalue weighted by Crippen LogP contribution is 2.30. The van der Waals surface area contributed by atoms with Gasteiger partial charge in [-0.25, -0.2) is 17.6 Å². The average Bonchev–Trinajstić information content (AvgIpc) is 2.92. The lowest BCUT2D eigenvalue weighted by molar-refractivity contribution is -0.131. The van der Waals surface area contributed by atoms with Gasteiger partial charge in [0.15, 0.2) is 9.84 Å². The van der Waals surface area contributed by atoms with Gasteiger partial charge in [-0.3, -0.25) is 9.69 Å². The van der Waals surface area contributed by atoms with Gasteiger partial charge in [0.25, 0.3) is 5.91 Å². The Bertz CT molecular complexity index is 1050. The van der Waals surface area contributed by atoms with Gasteiger partial charge in [-0.2, -0.15) is 0 Å². The molecular formula is C22H25FN2O4S. The predicted octanol–water partition coefficient (Wildman–Crippen LogP) is 3.58. The highest BCUT2D eigenvalue weighted by Gasteiger charge is 2.48. The molecule has 1 atom stereocenters. The quantitative estimate of drug-likeness (QED) is 0.535. The molecule has 2 aromatic carbocycles. The third kappa shape index (κ3) is 4.23. The molecule has 6 nitrogen and oxygen atoms in total. The van der Waals surface area contributed by atoms with Crippen LogP contribution in [0, 0.1) is 5.82 Å². The average molecular weight is 433 g/mol. The topological polar surface area (TPSA) is 83.6 Å².